The predicted molar refractivity (Wildman–Crippen MR) is 70.9 cm³/mol. The molecule has 1 N–H and O–H groups in total. The van der Waals surface area contributed by atoms with Crippen LogP contribution in [0.25, 0.3) is 0 Å². The molecule has 2 heterocycles. The number of rotatable bonds is 5. The average molecular weight is 360 g/mol. The first-order chi connectivity index (χ1) is 10.1. The molecule has 0 aromatic carbocycles. The van der Waals surface area contributed by atoms with Gasteiger partial charge < -0.3 is 9.47 Å². The van der Waals surface area contributed by atoms with Gasteiger partial charge in [-0.3, -0.25) is 14.1 Å². The van der Waals surface area contributed by atoms with Crippen LogP contribution in [0.4, 0.5) is 8.78 Å². The Balaban J connectivity index is 2.07. The van der Waals surface area contributed by atoms with Crippen molar-refractivity contribution in [2.24, 2.45) is 11.8 Å². The number of hydrogen-bond donors (Lipinski definition) is 1. The Hall–Kier alpha value is -0.940. The van der Waals surface area contributed by atoms with Crippen LogP contribution < -0.4 is 0 Å². The summed E-state index contributed by atoms with van der Waals surface area (Å²) in [6.07, 6.45) is 1.34. The zero-order valence-electron chi connectivity index (χ0n) is 11.4. The molecule has 0 spiro atoms. The largest absolute Gasteiger partial charge is 0.469 e. The maximum absolute atomic E-state index is 13.1. The first-order valence-corrected chi connectivity index (χ1v) is 8.71. The third-order valence-corrected chi connectivity index (χ3v) is 6.41. The van der Waals surface area contributed by atoms with E-state index in [1.807, 2.05) is 0 Å². The van der Waals surface area contributed by atoms with Gasteiger partial charge in [0.25, 0.3) is 0 Å². The fourth-order valence-corrected chi connectivity index (χ4v) is 4.84. The number of ether oxygens (including phenoxy) is 2. The molecule has 0 amide bonds. The van der Waals surface area contributed by atoms with E-state index >= 15 is 0 Å². The molecule has 0 aliphatic carbocycles. The first kappa shape index (κ1) is 17.4. The first-order valence-electron chi connectivity index (χ1n) is 6.33. The van der Waals surface area contributed by atoms with Gasteiger partial charge in [-0.2, -0.15) is 29.0 Å². The highest BCUT2D eigenvalue weighted by molar-refractivity contribution is 8.01. The Morgan fingerprint density at radius 3 is 2.18 bits per heavy atom. The van der Waals surface area contributed by atoms with Gasteiger partial charge in [0.05, 0.1) is 18.9 Å². The highest BCUT2D eigenvalue weighted by atomic mass is 32.2. The predicted octanol–water partition coefficient (Wildman–Crippen LogP) is 0.693. The fourth-order valence-electron chi connectivity index (χ4n) is 2.74. The Labute approximate surface area is 129 Å². The van der Waals surface area contributed by atoms with Gasteiger partial charge in [-0.15, -0.1) is 0 Å². The number of carbonyl (C=O) groups excluding carboxylic acids is 2. The molecule has 0 aromatic heterocycles. The molecule has 126 valence electrons. The number of alkyl halides is 2. The van der Waals surface area contributed by atoms with Crippen LogP contribution in [0.1, 0.15) is 12.8 Å². The van der Waals surface area contributed by atoms with Crippen LogP contribution in [-0.2, 0) is 29.2 Å². The summed E-state index contributed by atoms with van der Waals surface area (Å²) in [4.78, 5) is 23.7. The molecule has 2 fully saturated rings. The molecule has 22 heavy (non-hydrogen) atoms. The normalized spacial score (nSPS) is 31.1. The molecule has 2 rings (SSSR count). The van der Waals surface area contributed by atoms with Gasteiger partial charge in [-0.05, 0) is 12.8 Å². The molecule has 2 saturated heterocycles. The lowest BCUT2D eigenvalue weighted by Gasteiger charge is -2.26. The van der Waals surface area contributed by atoms with Crippen molar-refractivity contribution < 1.29 is 40.8 Å². The van der Waals surface area contributed by atoms with Crippen molar-refractivity contribution in [1.82, 2.24) is 0 Å². The van der Waals surface area contributed by atoms with Crippen molar-refractivity contribution in [2.45, 2.75) is 28.6 Å². The highest BCUT2D eigenvalue weighted by Gasteiger charge is 2.56. The highest BCUT2D eigenvalue weighted by Crippen LogP contribution is 2.53. The van der Waals surface area contributed by atoms with Crippen LogP contribution in [0, 0.1) is 11.8 Å². The quantitative estimate of drug-likeness (QED) is 0.564. The standard InChI is InChI=1S/C11H14F2O7S2/c1-19-9(14)7-5-2-3-6(21-5)8(7)10(15)20-4-11(12,13)22(16,17)18/h5-8H,2-4H2,1H3,(H,16,17,18). The summed E-state index contributed by atoms with van der Waals surface area (Å²) in [6, 6.07) is 0. The van der Waals surface area contributed by atoms with Gasteiger partial charge in [0.2, 0.25) is 0 Å². The van der Waals surface area contributed by atoms with Gasteiger partial charge in [0.15, 0.2) is 6.61 Å². The number of methoxy groups -OCH3 is 1. The van der Waals surface area contributed by atoms with Gasteiger partial charge in [-0.25, -0.2) is 0 Å². The monoisotopic (exact) mass is 360 g/mol. The lowest BCUT2D eigenvalue weighted by atomic mass is 9.79. The lowest BCUT2D eigenvalue weighted by Crippen LogP contribution is -2.42. The van der Waals surface area contributed by atoms with Crippen molar-refractivity contribution in [3.8, 4) is 0 Å². The molecule has 0 radical (unpaired) electrons. The molecular weight excluding hydrogens is 346 g/mol. The number of hydrogen-bond acceptors (Lipinski definition) is 7. The number of thioether (sulfide) groups is 1. The summed E-state index contributed by atoms with van der Waals surface area (Å²) in [6.45, 7) is -1.79. The second kappa shape index (κ2) is 5.93. The van der Waals surface area contributed by atoms with Crippen molar-refractivity contribution in [3.63, 3.8) is 0 Å². The number of fused-ring (bicyclic) bond motifs is 2. The van der Waals surface area contributed by atoms with Gasteiger partial charge in [-0.1, -0.05) is 0 Å². The van der Waals surface area contributed by atoms with Crippen LogP contribution in [0.2, 0.25) is 0 Å². The van der Waals surface area contributed by atoms with E-state index in [-0.39, 0.29) is 10.5 Å². The smallest absolute Gasteiger partial charge is 0.402 e. The third-order valence-electron chi connectivity index (χ3n) is 3.78. The van der Waals surface area contributed by atoms with Gasteiger partial charge >= 0.3 is 27.3 Å². The minimum atomic E-state index is -5.67. The van der Waals surface area contributed by atoms with Crippen LogP contribution in [-0.4, -0.2) is 54.4 Å². The van der Waals surface area contributed by atoms with Gasteiger partial charge in [0, 0.05) is 10.5 Å². The van der Waals surface area contributed by atoms with E-state index in [1.54, 1.807) is 0 Å². The van der Waals surface area contributed by atoms with Gasteiger partial charge in [0.1, 0.15) is 0 Å². The van der Waals surface area contributed by atoms with E-state index < -0.39 is 45.8 Å². The van der Waals surface area contributed by atoms with Crippen molar-refractivity contribution in [3.05, 3.63) is 0 Å². The summed E-state index contributed by atoms with van der Waals surface area (Å²) in [5.41, 5.74) is 0. The second-order valence-electron chi connectivity index (χ2n) is 5.09. The molecule has 2 aliphatic rings. The zero-order valence-corrected chi connectivity index (χ0v) is 13.0. The lowest BCUT2D eigenvalue weighted by molar-refractivity contribution is -0.163. The number of halogens is 2. The summed E-state index contributed by atoms with van der Waals surface area (Å²) in [5, 5.41) is -4.98. The van der Waals surface area contributed by atoms with Crippen LogP contribution in [0.5, 0.6) is 0 Å². The van der Waals surface area contributed by atoms with Crippen LogP contribution in [0.15, 0.2) is 0 Å². The Morgan fingerprint density at radius 1 is 1.23 bits per heavy atom. The summed E-state index contributed by atoms with van der Waals surface area (Å²) in [7, 11) is -4.51. The van der Waals surface area contributed by atoms with E-state index in [2.05, 4.69) is 9.47 Å². The van der Waals surface area contributed by atoms with Crippen molar-refractivity contribution >= 4 is 33.8 Å². The van der Waals surface area contributed by atoms with E-state index in [9.17, 15) is 26.8 Å². The molecular formula is C11H14F2O7S2. The molecule has 4 unspecified atom stereocenters. The van der Waals surface area contributed by atoms with E-state index in [0.717, 1.165) is 7.11 Å². The van der Waals surface area contributed by atoms with Crippen LogP contribution >= 0.6 is 11.8 Å². The number of carbonyl (C=O) groups is 2. The van der Waals surface area contributed by atoms with Crippen LogP contribution in [0.3, 0.4) is 0 Å². The Kier molecular flexibility index (Phi) is 4.69. The fraction of sp³-hybridized carbons (Fsp3) is 0.818. The minimum Gasteiger partial charge on any atom is -0.469 e. The molecule has 11 heteroatoms. The molecule has 0 saturated carbocycles. The zero-order chi connectivity index (χ0) is 16.7. The maximum atomic E-state index is 13.1. The van der Waals surface area contributed by atoms with E-state index in [0.29, 0.717) is 12.8 Å². The third kappa shape index (κ3) is 3.06. The molecule has 2 aliphatic heterocycles. The van der Waals surface area contributed by atoms with Crippen molar-refractivity contribution in [1.29, 1.82) is 0 Å². The molecule has 0 aromatic rings. The average Bonchev–Trinajstić information content (AvgIpc) is 3.03. The summed E-state index contributed by atoms with van der Waals surface area (Å²) >= 11 is 1.40. The molecule has 2 bridgehead atoms. The van der Waals surface area contributed by atoms with E-state index in [4.69, 9.17) is 4.55 Å². The molecule has 7 nitrogen and oxygen atoms in total. The summed E-state index contributed by atoms with van der Waals surface area (Å²) < 4.78 is 64.4. The Bertz CT molecular complexity index is 577. The SMILES string of the molecule is COC(=O)C1C2CCC(S2)C1C(=O)OCC(F)(F)S(=O)(=O)O. The van der Waals surface area contributed by atoms with E-state index in [1.165, 1.54) is 11.8 Å². The maximum Gasteiger partial charge on any atom is 0.402 e. The second-order valence-corrected chi connectivity index (χ2v) is 8.12. The number of esters is 2. The summed E-state index contributed by atoms with van der Waals surface area (Å²) in [5.74, 6) is -3.45. The Morgan fingerprint density at radius 2 is 1.73 bits per heavy atom. The van der Waals surface area contributed by atoms with Crippen molar-refractivity contribution in [2.75, 3.05) is 13.7 Å². The topological polar surface area (TPSA) is 107 Å². The minimum absolute atomic E-state index is 0.142. The molecule has 4 atom stereocenters.